The first-order chi connectivity index (χ1) is 7.77. The number of hydrogen-bond acceptors (Lipinski definition) is 1. The lowest BCUT2D eigenvalue weighted by atomic mass is 9.99. The number of hydrogen-bond donors (Lipinski definition) is 1. The highest BCUT2D eigenvalue weighted by Gasteiger charge is 2.07. The average molecular weight is 219 g/mol. The molecule has 1 nitrogen and oxygen atoms in total. The number of aryl methyl sites for hydroxylation is 1. The maximum atomic E-state index is 3.41. The molecule has 0 aliphatic rings. The quantitative estimate of drug-likeness (QED) is 0.677. The van der Waals surface area contributed by atoms with Crippen LogP contribution in [0, 0.1) is 6.92 Å². The molecule has 1 unspecified atom stereocenters. The molecule has 1 aromatic rings. The Morgan fingerprint density at radius 3 is 2.31 bits per heavy atom. The van der Waals surface area contributed by atoms with Crippen molar-refractivity contribution in [2.24, 2.45) is 0 Å². The van der Waals surface area contributed by atoms with Gasteiger partial charge in [0.25, 0.3) is 0 Å². The standard InChI is InChI=1S/C15H25N/c1-4-5-6-7-8-15(16-3)14-11-9-13(2)10-12-14/h9-12,15-16H,4-8H2,1-3H3. The Bertz CT molecular complexity index is 276. The van der Waals surface area contributed by atoms with Gasteiger partial charge in [-0.05, 0) is 26.0 Å². The zero-order chi connectivity index (χ0) is 11.8. The van der Waals surface area contributed by atoms with Crippen molar-refractivity contribution in [1.82, 2.24) is 5.32 Å². The van der Waals surface area contributed by atoms with Gasteiger partial charge in [0.2, 0.25) is 0 Å². The summed E-state index contributed by atoms with van der Waals surface area (Å²) >= 11 is 0. The molecule has 1 heteroatoms. The summed E-state index contributed by atoms with van der Waals surface area (Å²) in [5.74, 6) is 0. The molecule has 0 fully saturated rings. The smallest absolute Gasteiger partial charge is 0.0317 e. The van der Waals surface area contributed by atoms with Crippen LogP contribution in [0.25, 0.3) is 0 Å². The van der Waals surface area contributed by atoms with Gasteiger partial charge in [0.15, 0.2) is 0 Å². The summed E-state index contributed by atoms with van der Waals surface area (Å²) in [6.45, 7) is 4.40. The summed E-state index contributed by atoms with van der Waals surface area (Å²) in [5, 5.41) is 3.41. The van der Waals surface area contributed by atoms with E-state index in [2.05, 4.69) is 50.5 Å². The van der Waals surface area contributed by atoms with Gasteiger partial charge < -0.3 is 5.32 Å². The van der Waals surface area contributed by atoms with Crippen molar-refractivity contribution in [2.75, 3.05) is 7.05 Å². The molecule has 0 saturated heterocycles. The van der Waals surface area contributed by atoms with E-state index >= 15 is 0 Å². The van der Waals surface area contributed by atoms with Crippen molar-refractivity contribution in [3.05, 3.63) is 35.4 Å². The lowest BCUT2D eigenvalue weighted by molar-refractivity contribution is 0.505. The van der Waals surface area contributed by atoms with Crippen LogP contribution in [0.2, 0.25) is 0 Å². The number of rotatable bonds is 7. The van der Waals surface area contributed by atoms with Crippen molar-refractivity contribution in [1.29, 1.82) is 0 Å². The van der Waals surface area contributed by atoms with E-state index in [0.29, 0.717) is 6.04 Å². The predicted molar refractivity (Wildman–Crippen MR) is 71.7 cm³/mol. The Morgan fingerprint density at radius 2 is 1.75 bits per heavy atom. The van der Waals surface area contributed by atoms with Gasteiger partial charge in [-0.15, -0.1) is 0 Å². The SMILES string of the molecule is CCCCCCC(NC)c1ccc(C)cc1. The van der Waals surface area contributed by atoms with Gasteiger partial charge in [0, 0.05) is 6.04 Å². The first kappa shape index (κ1) is 13.2. The average Bonchev–Trinajstić information content (AvgIpc) is 2.31. The van der Waals surface area contributed by atoms with Crippen LogP contribution in [0.15, 0.2) is 24.3 Å². The monoisotopic (exact) mass is 219 g/mol. The van der Waals surface area contributed by atoms with Crippen molar-refractivity contribution < 1.29 is 0 Å². The van der Waals surface area contributed by atoms with Crippen LogP contribution in [0.4, 0.5) is 0 Å². The van der Waals surface area contributed by atoms with Crippen LogP contribution in [-0.2, 0) is 0 Å². The second-order valence-electron chi connectivity index (χ2n) is 4.60. The van der Waals surface area contributed by atoms with Crippen LogP contribution in [0.3, 0.4) is 0 Å². The Morgan fingerprint density at radius 1 is 1.06 bits per heavy atom. The molecule has 0 aliphatic heterocycles. The summed E-state index contributed by atoms with van der Waals surface area (Å²) in [4.78, 5) is 0. The van der Waals surface area contributed by atoms with E-state index in [-0.39, 0.29) is 0 Å². The van der Waals surface area contributed by atoms with Crippen LogP contribution >= 0.6 is 0 Å². The molecule has 1 aromatic carbocycles. The Kier molecular flexibility index (Phi) is 6.17. The molecule has 0 radical (unpaired) electrons. The summed E-state index contributed by atoms with van der Waals surface area (Å²) in [7, 11) is 2.06. The summed E-state index contributed by atoms with van der Waals surface area (Å²) < 4.78 is 0. The lowest BCUT2D eigenvalue weighted by Crippen LogP contribution is -2.16. The highest BCUT2D eigenvalue weighted by atomic mass is 14.9. The van der Waals surface area contributed by atoms with Crippen LogP contribution in [0.5, 0.6) is 0 Å². The van der Waals surface area contributed by atoms with Crippen LogP contribution in [-0.4, -0.2) is 7.05 Å². The highest BCUT2D eigenvalue weighted by molar-refractivity contribution is 5.23. The second kappa shape index (κ2) is 7.45. The molecule has 0 aliphatic carbocycles. The van der Waals surface area contributed by atoms with E-state index < -0.39 is 0 Å². The van der Waals surface area contributed by atoms with Gasteiger partial charge in [-0.3, -0.25) is 0 Å². The molecule has 90 valence electrons. The molecule has 1 rings (SSSR count). The third kappa shape index (κ3) is 4.36. The molecule has 0 saturated carbocycles. The molecule has 0 bridgehead atoms. The second-order valence-corrected chi connectivity index (χ2v) is 4.60. The first-order valence-electron chi connectivity index (χ1n) is 6.51. The van der Waals surface area contributed by atoms with E-state index in [0.717, 1.165) is 0 Å². The molecule has 1 N–H and O–H groups in total. The Balaban J connectivity index is 2.44. The molecule has 0 heterocycles. The summed E-state index contributed by atoms with van der Waals surface area (Å²) in [6.07, 6.45) is 6.62. The predicted octanol–water partition coefficient (Wildman–Crippen LogP) is 4.23. The van der Waals surface area contributed by atoms with Crippen molar-refractivity contribution in [2.45, 2.75) is 52.0 Å². The van der Waals surface area contributed by atoms with Gasteiger partial charge in [-0.1, -0.05) is 62.4 Å². The number of unbranched alkanes of at least 4 members (excludes halogenated alkanes) is 3. The fourth-order valence-electron chi connectivity index (χ4n) is 2.05. The van der Waals surface area contributed by atoms with Crippen molar-refractivity contribution >= 4 is 0 Å². The topological polar surface area (TPSA) is 12.0 Å². The Hall–Kier alpha value is -0.820. The van der Waals surface area contributed by atoms with Crippen LogP contribution in [0.1, 0.15) is 56.2 Å². The molecule has 16 heavy (non-hydrogen) atoms. The third-order valence-electron chi connectivity index (χ3n) is 3.17. The fourth-order valence-corrected chi connectivity index (χ4v) is 2.05. The number of nitrogens with one attached hydrogen (secondary N) is 1. The lowest BCUT2D eigenvalue weighted by Gasteiger charge is -2.16. The van der Waals surface area contributed by atoms with Gasteiger partial charge >= 0.3 is 0 Å². The van der Waals surface area contributed by atoms with E-state index in [9.17, 15) is 0 Å². The highest BCUT2D eigenvalue weighted by Crippen LogP contribution is 2.20. The first-order valence-corrected chi connectivity index (χ1v) is 6.51. The molecule has 0 amide bonds. The van der Waals surface area contributed by atoms with Crippen LogP contribution < -0.4 is 5.32 Å². The van der Waals surface area contributed by atoms with Crippen molar-refractivity contribution in [3.63, 3.8) is 0 Å². The minimum atomic E-state index is 0.525. The zero-order valence-electron chi connectivity index (χ0n) is 10.9. The van der Waals surface area contributed by atoms with Gasteiger partial charge in [0.1, 0.15) is 0 Å². The largest absolute Gasteiger partial charge is 0.313 e. The van der Waals surface area contributed by atoms with E-state index in [1.54, 1.807) is 0 Å². The fraction of sp³-hybridized carbons (Fsp3) is 0.600. The zero-order valence-corrected chi connectivity index (χ0v) is 10.9. The minimum Gasteiger partial charge on any atom is -0.313 e. The minimum absolute atomic E-state index is 0.525. The summed E-state index contributed by atoms with van der Waals surface area (Å²) in [5.41, 5.74) is 2.76. The van der Waals surface area contributed by atoms with Gasteiger partial charge in [-0.2, -0.15) is 0 Å². The van der Waals surface area contributed by atoms with E-state index in [1.807, 2.05) is 0 Å². The van der Waals surface area contributed by atoms with E-state index in [1.165, 1.54) is 43.2 Å². The van der Waals surface area contributed by atoms with E-state index in [4.69, 9.17) is 0 Å². The number of benzene rings is 1. The maximum absolute atomic E-state index is 3.41. The van der Waals surface area contributed by atoms with Crippen molar-refractivity contribution in [3.8, 4) is 0 Å². The molecular weight excluding hydrogens is 194 g/mol. The maximum Gasteiger partial charge on any atom is 0.0317 e. The normalized spacial score (nSPS) is 12.7. The molecule has 1 atom stereocenters. The molecule has 0 aromatic heterocycles. The van der Waals surface area contributed by atoms with Gasteiger partial charge in [-0.25, -0.2) is 0 Å². The van der Waals surface area contributed by atoms with Gasteiger partial charge in [0.05, 0.1) is 0 Å². The Labute approximate surface area is 100 Å². The molecular formula is C15H25N. The third-order valence-corrected chi connectivity index (χ3v) is 3.17. The molecule has 0 spiro atoms. The summed E-state index contributed by atoms with van der Waals surface area (Å²) in [6, 6.07) is 9.42.